The second-order valence-corrected chi connectivity index (χ2v) is 2.91. The van der Waals surface area contributed by atoms with Gasteiger partial charge in [-0.1, -0.05) is 0 Å². The molecular formula is C9H12N4O. The number of ether oxygens (including phenoxy) is 1. The lowest BCUT2D eigenvalue weighted by Gasteiger charge is -1.98. The summed E-state index contributed by atoms with van der Waals surface area (Å²) in [5.41, 5.74) is 6.17. The van der Waals surface area contributed by atoms with Crippen LogP contribution in [0.2, 0.25) is 0 Å². The predicted molar refractivity (Wildman–Crippen MR) is 52.3 cm³/mol. The van der Waals surface area contributed by atoms with Crippen molar-refractivity contribution < 1.29 is 4.74 Å². The molecule has 0 unspecified atom stereocenters. The van der Waals surface area contributed by atoms with Gasteiger partial charge in [-0.25, -0.2) is 9.50 Å². The van der Waals surface area contributed by atoms with Crippen molar-refractivity contribution in [2.75, 3.05) is 13.7 Å². The fourth-order valence-corrected chi connectivity index (χ4v) is 1.32. The lowest BCUT2D eigenvalue weighted by atomic mass is 10.4. The number of nitrogens with two attached hydrogens (primary N) is 1. The second-order valence-electron chi connectivity index (χ2n) is 2.91. The molecule has 0 saturated heterocycles. The Morgan fingerprint density at radius 1 is 1.57 bits per heavy atom. The SMILES string of the molecule is COc1cccn2nc(CCN)nc12. The average molecular weight is 192 g/mol. The minimum Gasteiger partial charge on any atom is -0.493 e. The molecule has 0 atom stereocenters. The molecule has 14 heavy (non-hydrogen) atoms. The molecule has 0 fully saturated rings. The molecule has 2 heterocycles. The van der Waals surface area contributed by atoms with Gasteiger partial charge in [-0.2, -0.15) is 5.10 Å². The highest BCUT2D eigenvalue weighted by Gasteiger charge is 2.06. The maximum atomic E-state index is 5.43. The van der Waals surface area contributed by atoms with Crippen molar-refractivity contribution >= 4 is 5.65 Å². The van der Waals surface area contributed by atoms with E-state index in [1.807, 2.05) is 18.3 Å². The number of fused-ring (bicyclic) bond motifs is 1. The highest BCUT2D eigenvalue weighted by atomic mass is 16.5. The van der Waals surface area contributed by atoms with Crippen molar-refractivity contribution in [2.24, 2.45) is 5.73 Å². The number of hydrogen-bond donors (Lipinski definition) is 1. The lowest BCUT2D eigenvalue weighted by Crippen LogP contribution is -2.04. The molecule has 2 aromatic rings. The van der Waals surface area contributed by atoms with Crippen LogP contribution in [0.4, 0.5) is 0 Å². The van der Waals surface area contributed by atoms with Gasteiger partial charge in [-0.05, 0) is 18.7 Å². The van der Waals surface area contributed by atoms with E-state index in [4.69, 9.17) is 10.5 Å². The van der Waals surface area contributed by atoms with Gasteiger partial charge in [0.05, 0.1) is 7.11 Å². The molecule has 0 aliphatic rings. The van der Waals surface area contributed by atoms with Crippen molar-refractivity contribution in [3.8, 4) is 5.75 Å². The van der Waals surface area contributed by atoms with Crippen LogP contribution in [0.3, 0.4) is 0 Å². The largest absolute Gasteiger partial charge is 0.493 e. The van der Waals surface area contributed by atoms with Crippen LogP contribution in [0.15, 0.2) is 18.3 Å². The van der Waals surface area contributed by atoms with E-state index in [1.54, 1.807) is 11.6 Å². The van der Waals surface area contributed by atoms with Crippen LogP contribution in [0, 0.1) is 0 Å². The third kappa shape index (κ3) is 1.42. The van der Waals surface area contributed by atoms with E-state index in [9.17, 15) is 0 Å². The van der Waals surface area contributed by atoms with Crippen LogP contribution >= 0.6 is 0 Å². The van der Waals surface area contributed by atoms with Crippen LogP contribution in [0.1, 0.15) is 5.82 Å². The summed E-state index contributed by atoms with van der Waals surface area (Å²) in [6.45, 7) is 0.555. The molecule has 0 aromatic carbocycles. The molecule has 2 aromatic heterocycles. The maximum Gasteiger partial charge on any atom is 0.198 e. The zero-order valence-corrected chi connectivity index (χ0v) is 7.97. The zero-order chi connectivity index (χ0) is 9.97. The molecule has 5 nitrogen and oxygen atoms in total. The second kappa shape index (κ2) is 3.63. The summed E-state index contributed by atoms with van der Waals surface area (Å²) >= 11 is 0. The summed E-state index contributed by atoms with van der Waals surface area (Å²) in [4.78, 5) is 4.32. The Bertz CT molecular complexity index is 437. The number of aromatic nitrogens is 3. The van der Waals surface area contributed by atoms with Crippen molar-refractivity contribution in [2.45, 2.75) is 6.42 Å². The first kappa shape index (κ1) is 8.96. The van der Waals surface area contributed by atoms with Crippen molar-refractivity contribution in [3.63, 3.8) is 0 Å². The quantitative estimate of drug-likeness (QED) is 0.756. The van der Waals surface area contributed by atoms with Gasteiger partial charge >= 0.3 is 0 Å². The average Bonchev–Trinajstić information content (AvgIpc) is 2.60. The molecule has 74 valence electrons. The Labute approximate surface area is 81.5 Å². The fraction of sp³-hybridized carbons (Fsp3) is 0.333. The number of nitrogens with zero attached hydrogens (tertiary/aromatic N) is 3. The van der Waals surface area contributed by atoms with E-state index in [0.717, 1.165) is 17.2 Å². The topological polar surface area (TPSA) is 65.4 Å². The van der Waals surface area contributed by atoms with Crippen molar-refractivity contribution in [3.05, 3.63) is 24.2 Å². The van der Waals surface area contributed by atoms with Gasteiger partial charge in [0, 0.05) is 12.6 Å². The van der Waals surface area contributed by atoms with Gasteiger partial charge in [0.15, 0.2) is 17.2 Å². The van der Waals surface area contributed by atoms with Gasteiger partial charge < -0.3 is 10.5 Å². The van der Waals surface area contributed by atoms with Crippen LogP contribution in [-0.4, -0.2) is 28.3 Å². The highest BCUT2D eigenvalue weighted by molar-refractivity contribution is 5.52. The molecule has 0 aliphatic heterocycles. The maximum absolute atomic E-state index is 5.43. The van der Waals surface area contributed by atoms with Crippen LogP contribution in [-0.2, 0) is 6.42 Å². The first-order valence-corrected chi connectivity index (χ1v) is 4.43. The van der Waals surface area contributed by atoms with E-state index < -0.39 is 0 Å². The monoisotopic (exact) mass is 192 g/mol. The van der Waals surface area contributed by atoms with Gasteiger partial charge in [0.1, 0.15) is 0 Å². The van der Waals surface area contributed by atoms with Crippen LogP contribution < -0.4 is 10.5 Å². The minimum atomic E-state index is 0.555. The Hall–Kier alpha value is -1.62. The van der Waals surface area contributed by atoms with Gasteiger partial charge in [0.25, 0.3) is 0 Å². The van der Waals surface area contributed by atoms with E-state index in [2.05, 4.69) is 10.1 Å². The first-order valence-electron chi connectivity index (χ1n) is 4.43. The Morgan fingerprint density at radius 2 is 2.43 bits per heavy atom. The van der Waals surface area contributed by atoms with Crippen molar-refractivity contribution in [1.29, 1.82) is 0 Å². The standard InChI is InChI=1S/C9H12N4O/c1-14-7-3-2-6-13-9(7)11-8(12-13)4-5-10/h2-3,6H,4-5,10H2,1H3. The molecule has 0 aliphatic carbocycles. The number of rotatable bonds is 3. The third-order valence-corrected chi connectivity index (χ3v) is 1.96. The Kier molecular flexibility index (Phi) is 2.32. The Morgan fingerprint density at radius 3 is 3.14 bits per heavy atom. The molecule has 0 spiro atoms. The normalized spacial score (nSPS) is 10.7. The molecule has 0 saturated carbocycles. The van der Waals surface area contributed by atoms with Gasteiger partial charge in [-0.15, -0.1) is 0 Å². The van der Waals surface area contributed by atoms with E-state index in [0.29, 0.717) is 13.0 Å². The summed E-state index contributed by atoms with van der Waals surface area (Å²) in [5.74, 6) is 1.47. The first-order chi connectivity index (χ1) is 6.85. The number of pyridine rings is 1. The molecule has 0 radical (unpaired) electrons. The van der Waals surface area contributed by atoms with Gasteiger partial charge in [0.2, 0.25) is 0 Å². The number of methoxy groups -OCH3 is 1. The molecule has 0 bridgehead atoms. The minimum absolute atomic E-state index is 0.555. The highest BCUT2D eigenvalue weighted by Crippen LogP contribution is 2.16. The summed E-state index contributed by atoms with van der Waals surface area (Å²) < 4.78 is 6.86. The predicted octanol–water partition coefficient (Wildman–Crippen LogP) is 0.239. The summed E-state index contributed by atoms with van der Waals surface area (Å²) in [6, 6.07) is 3.73. The third-order valence-electron chi connectivity index (χ3n) is 1.96. The van der Waals surface area contributed by atoms with Crippen molar-refractivity contribution in [1.82, 2.24) is 14.6 Å². The molecule has 5 heteroatoms. The van der Waals surface area contributed by atoms with E-state index in [-0.39, 0.29) is 0 Å². The molecule has 2 N–H and O–H groups in total. The number of hydrogen-bond acceptors (Lipinski definition) is 4. The summed E-state index contributed by atoms with van der Waals surface area (Å²) in [6.07, 6.45) is 2.52. The van der Waals surface area contributed by atoms with Crippen LogP contribution in [0.25, 0.3) is 5.65 Å². The summed E-state index contributed by atoms with van der Waals surface area (Å²) in [7, 11) is 1.62. The smallest absolute Gasteiger partial charge is 0.198 e. The lowest BCUT2D eigenvalue weighted by molar-refractivity contribution is 0.416. The Balaban J connectivity index is 2.52. The summed E-state index contributed by atoms with van der Waals surface area (Å²) in [5, 5.41) is 4.26. The molecule has 0 amide bonds. The molecule has 2 rings (SSSR count). The fourth-order valence-electron chi connectivity index (χ4n) is 1.32. The van der Waals surface area contributed by atoms with E-state index >= 15 is 0 Å². The van der Waals surface area contributed by atoms with Crippen LogP contribution in [0.5, 0.6) is 5.75 Å². The molecular weight excluding hydrogens is 180 g/mol. The van der Waals surface area contributed by atoms with Gasteiger partial charge in [-0.3, -0.25) is 0 Å². The van der Waals surface area contributed by atoms with E-state index in [1.165, 1.54) is 0 Å². The zero-order valence-electron chi connectivity index (χ0n) is 7.97.